The maximum Gasteiger partial charge on any atom is 0.247 e. The van der Waals surface area contributed by atoms with E-state index in [2.05, 4.69) is 0 Å². The van der Waals surface area contributed by atoms with Crippen molar-refractivity contribution < 1.29 is 27.5 Å². The Balaban J connectivity index is 1.20. The SMILES string of the molecule is O=C1CC(N2CCN(S(=O)(=O)c3ccc4c(c3)OCCCO4)CC2)C(=O)N1CCc1ccccc1. The smallest absolute Gasteiger partial charge is 0.247 e. The maximum absolute atomic E-state index is 13.3. The van der Waals surface area contributed by atoms with Crippen LogP contribution in [-0.4, -0.2) is 86.3 Å². The van der Waals surface area contributed by atoms with Crippen LogP contribution in [0.1, 0.15) is 18.4 Å². The Hall–Kier alpha value is -2.95. The highest BCUT2D eigenvalue weighted by molar-refractivity contribution is 7.89. The van der Waals surface area contributed by atoms with Gasteiger partial charge in [0.15, 0.2) is 11.5 Å². The summed E-state index contributed by atoms with van der Waals surface area (Å²) in [6, 6.07) is 13.9. The number of amides is 2. The number of rotatable bonds is 6. The zero-order valence-corrected chi connectivity index (χ0v) is 20.3. The molecule has 2 saturated heterocycles. The minimum absolute atomic E-state index is 0.141. The van der Waals surface area contributed by atoms with Crippen LogP contribution in [0.2, 0.25) is 0 Å². The van der Waals surface area contributed by atoms with Crippen molar-refractivity contribution in [3.05, 3.63) is 54.1 Å². The fraction of sp³-hybridized carbons (Fsp3) is 0.440. The molecule has 1 atom stereocenters. The molecule has 1 unspecified atom stereocenters. The maximum atomic E-state index is 13.3. The van der Waals surface area contributed by atoms with Crippen LogP contribution >= 0.6 is 0 Å². The van der Waals surface area contributed by atoms with Crippen LogP contribution < -0.4 is 9.47 Å². The standard InChI is InChI=1S/C25H29N3O6S/c29-24-18-21(25(30)28(24)10-9-19-5-2-1-3-6-19)26-11-13-27(14-12-26)35(31,32)20-7-8-22-23(17-20)34-16-4-15-33-22/h1-3,5-8,17,21H,4,9-16,18H2. The molecule has 5 rings (SSSR count). The van der Waals surface area contributed by atoms with Gasteiger partial charge in [0, 0.05) is 45.2 Å². The second-order valence-corrected chi connectivity index (χ2v) is 10.9. The molecule has 0 radical (unpaired) electrons. The van der Waals surface area contributed by atoms with Crippen LogP contribution in [0, 0.1) is 0 Å². The molecule has 0 spiro atoms. The van der Waals surface area contributed by atoms with Gasteiger partial charge >= 0.3 is 0 Å². The van der Waals surface area contributed by atoms with Crippen molar-refractivity contribution in [3.63, 3.8) is 0 Å². The lowest BCUT2D eigenvalue weighted by Gasteiger charge is -2.36. The molecule has 0 saturated carbocycles. The van der Waals surface area contributed by atoms with Crippen molar-refractivity contribution in [1.82, 2.24) is 14.1 Å². The first-order valence-corrected chi connectivity index (χ1v) is 13.4. The van der Waals surface area contributed by atoms with Crippen molar-refractivity contribution in [2.45, 2.75) is 30.2 Å². The largest absolute Gasteiger partial charge is 0.490 e. The van der Waals surface area contributed by atoms with Crippen molar-refractivity contribution >= 4 is 21.8 Å². The number of likely N-dealkylation sites (tertiary alicyclic amines) is 1. The van der Waals surface area contributed by atoms with E-state index in [1.807, 2.05) is 35.2 Å². The monoisotopic (exact) mass is 499 g/mol. The number of carbonyl (C=O) groups excluding carboxylic acids is 2. The molecular formula is C25H29N3O6S. The third kappa shape index (κ3) is 4.91. The van der Waals surface area contributed by atoms with Crippen molar-refractivity contribution in [3.8, 4) is 11.5 Å². The zero-order chi connectivity index (χ0) is 24.4. The molecule has 3 heterocycles. The molecule has 2 aromatic rings. The Morgan fingerprint density at radius 2 is 1.60 bits per heavy atom. The fourth-order valence-corrected chi connectivity index (χ4v) is 6.22. The number of benzene rings is 2. The topological polar surface area (TPSA) is 96.5 Å². The van der Waals surface area contributed by atoms with E-state index in [4.69, 9.17) is 9.47 Å². The number of imide groups is 1. The second kappa shape index (κ2) is 9.96. The van der Waals surface area contributed by atoms with Gasteiger partial charge in [-0.3, -0.25) is 19.4 Å². The molecule has 0 aromatic heterocycles. The lowest BCUT2D eigenvalue weighted by Crippen LogP contribution is -2.53. The quantitative estimate of drug-likeness (QED) is 0.556. The van der Waals surface area contributed by atoms with E-state index >= 15 is 0 Å². The number of hydrogen-bond donors (Lipinski definition) is 0. The molecule has 2 amide bonds. The van der Waals surface area contributed by atoms with Gasteiger partial charge in [-0.05, 0) is 24.1 Å². The van der Waals surface area contributed by atoms with Gasteiger partial charge < -0.3 is 9.47 Å². The number of fused-ring (bicyclic) bond motifs is 1. The summed E-state index contributed by atoms with van der Waals surface area (Å²) < 4.78 is 39.2. The molecule has 0 aliphatic carbocycles. The molecule has 10 heteroatoms. The molecule has 3 aliphatic rings. The first kappa shape index (κ1) is 23.8. The molecule has 35 heavy (non-hydrogen) atoms. The highest BCUT2D eigenvalue weighted by Crippen LogP contribution is 2.33. The number of ether oxygens (including phenoxy) is 2. The fourth-order valence-electron chi connectivity index (χ4n) is 4.78. The number of carbonyl (C=O) groups is 2. The summed E-state index contributed by atoms with van der Waals surface area (Å²) >= 11 is 0. The summed E-state index contributed by atoms with van der Waals surface area (Å²) in [5, 5.41) is 0. The molecule has 3 aliphatic heterocycles. The van der Waals surface area contributed by atoms with E-state index in [0.717, 1.165) is 12.0 Å². The molecule has 0 bridgehead atoms. The van der Waals surface area contributed by atoms with E-state index in [1.165, 1.54) is 15.3 Å². The van der Waals surface area contributed by atoms with Gasteiger partial charge in [-0.1, -0.05) is 30.3 Å². The Labute approximate surface area is 205 Å². The Morgan fingerprint density at radius 1 is 0.886 bits per heavy atom. The lowest BCUT2D eigenvalue weighted by molar-refractivity contribution is -0.139. The normalized spacial score (nSPS) is 21.8. The minimum atomic E-state index is -3.72. The average molecular weight is 500 g/mol. The van der Waals surface area contributed by atoms with Crippen LogP contribution in [0.5, 0.6) is 11.5 Å². The van der Waals surface area contributed by atoms with Crippen molar-refractivity contribution in [1.29, 1.82) is 0 Å². The average Bonchev–Trinajstić information content (AvgIpc) is 3.02. The number of piperazine rings is 1. The first-order valence-electron chi connectivity index (χ1n) is 12.0. The third-order valence-electron chi connectivity index (χ3n) is 6.76. The number of nitrogens with zero attached hydrogens (tertiary/aromatic N) is 3. The van der Waals surface area contributed by atoms with Crippen molar-refractivity contribution in [2.24, 2.45) is 0 Å². The van der Waals surface area contributed by atoms with E-state index in [0.29, 0.717) is 50.8 Å². The summed E-state index contributed by atoms with van der Waals surface area (Å²) in [5.41, 5.74) is 1.07. The van der Waals surface area contributed by atoms with Crippen LogP contribution in [0.25, 0.3) is 0 Å². The summed E-state index contributed by atoms with van der Waals surface area (Å²) in [6.45, 7) is 2.65. The van der Waals surface area contributed by atoms with E-state index in [-0.39, 0.29) is 36.2 Å². The highest BCUT2D eigenvalue weighted by Gasteiger charge is 2.43. The molecular weight excluding hydrogens is 470 g/mol. The predicted octanol–water partition coefficient (Wildman–Crippen LogP) is 1.52. The summed E-state index contributed by atoms with van der Waals surface area (Å²) in [4.78, 5) is 29.0. The van der Waals surface area contributed by atoms with Gasteiger partial charge in [0.2, 0.25) is 21.8 Å². The Kier molecular flexibility index (Phi) is 6.77. The van der Waals surface area contributed by atoms with Crippen molar-refractivity contribution in [2.75, 3.05) is 45.9 Å². The molecule has 2 fully saturated rings. The van der Waals surface area contributed by atoms with Gasteiger partial charge in [0.1, 0.15) is 0 Å². The molecule has 2 aromatic carbocycles. The van der Waals surface area contributed by atoms with E-state index in [9.17, 15) is 18.0 Å². The van der Waals surface area contributed by atoms with Crippen LogP contribution in [0.15, 0.2) is 53.4 Å². The Morgan fingerprint density at radius 3 is 2.34 bits per heavy atom. The Bertz CT molecular complexity index is 1190. The lowest BCUT2D eigenvalue weighted by atomic mass is 10.1. The van der Waals surface area contributed by atoms with Crippen LogP contribution in [0.4, 0.5) is 0 Å². The predicted molar refractivity (Wildman–Crippen MR) is 128 cm³/mol. The second-order valence-electron chi connectivity index (χ2n) is 8.94. The van der Waals surface area contributed by atoms with E-state index < -0.39 is 16.1 Å². The molecule has 9 nitrogen and oxygen atoms in total. The van der Waals surface area contributed by atoms with Gasteiger partial charge in [-0.25, -0.2) is 8.42 Å². The summed E-state index contributed by atoms with van der Waals surface area (Å²) in [5.74, 6) is 0.628. The van der Waals surface area contributed by atoms with Gasteiger partial charge in [0.25, 0.3) is 0 Å². The van der Waals surface area contributed by atoms with Gasteiger partial charge in [-0.15, -0.1) is 0 Å². The third-order valence-corrected chi connectivity index (χ3v) is 8.65. The van der Waals surface area contributed by atoms with Gasteiger partial charge in [-0.2, -0.15) is 4.31 Å². The number of sulfonamides is 1. The number of hydrogen-bond acceptors (Lipinski definition) is 7. The van der Waals surface area contributed by atoms with E-state index in [1.54, 1.807) is 12.1 Å². The summed E-state index contributed by atoms with van der Waals surface area (Å²) in [7, 11) is -3.72. The molecule has 0 N–H and O–H groups in total. The first-order chi connectivity index (χ1) is 16.9. The molecule has 186 valence electrons. The highest BCUT2D eigenvalue weighted by atomic mass is 32.2. The van der Waals surface area contributed by atoms with Gasteiger partial charge in [0.05, 0.1) is 30.6 Å². The van der Waals surface area contributed by atoms with Crippen LogP contribution in [0.3, 0.4) is 0 Å². The zero-order valence-electron chi connectivity index (χ0n) is 19.5. The summed E-state index contributed by atoms with van der Waals surface area (Å²) in [6.07, 6.45) is 1.50. The minimum Gasteiger partial charge on any atom is -0.490 e. The van der Waals surface area contributed by atoms with Crippen LogP contribution in [-0.2, 0) is 26.0 Å².